The minimum absolute atomic E-state index is 0.922. The Hall–Kier alpha value is 0.649. The van der Waals surface area contributed by atoms with E-state index in [0.717, 1.165) is 18.6 Å². The number of rotatable bonds is 8. The lowest BCUT2D eigenvalue weighted by atomic mass is 8.64. The molecular formula is C4H20B10. The van der Waals surface area contributed by atoms with Crippen molar-refractivity contribution >= 4 is 71.4 Å². The van der Waals surface area contributed by atoms with Crippen molar-refractivity contribution in [1.29, 1.82) is 0 Å². The van der Waals surface area contributed by atoms with Crippen LogP contribution in [0.15, 0.2) is 0 Å². The lowest BCUT2D eigenvalue weighted by Crippen LogP contribution is -2.57. The molecule has 1 unspecified atom stereocenters. The molecule has 0 spiro atoms. The highest BCUT2D eigenvalue weighted by molar-refractivity contribution is 7.92. The Balaban J connectivity index is 4.06. The van der Waals surface area contributed by atoms with Gasteiger partial charge in [0.25, 0.3) is 0 Å². The van der Waals surface area contributed by atoms with Gasteiger partial charge < -0.3 is 0 Å². The van der Waals surface area contributed by atoms with Crippen molar-refractivity contribution in [1.82, 2.24) is 0 Å². The lowest BCUT2D eigenvalue weighted by molar-refractivity contribution is 0.877. The van der Waals surface area contributed by atoms with Crippen molar-refractivity contribution in [2.24, 2.45) is 0 Å². The summed E-state index contributed by atoms with van der Waals surface area (Å²) in [6, 6.07) is 0. The van der Waals surface area contributed by atoms with Gasteiger partial charge in [-0.05, 0) is 0 Å². The molecule has 0 aromatic rings. The van der Waals surface area contributed by atoms with Crippen LogP contribution in [0.5, 0.6) is 0 Å². The van der Waals surface area contributed by atoms with Gasteiger partial charge in [0.2, 0.25) is 0 Å². The number of hydrogen-bond donors (Lipinski definition) is 0. The molecule has 1 atom stereocenters. The van der Waals surface area contributed by atoms with E-state index in [1.165, 1.54) is 41.8 Å². The Morgan fingerprint density at radius 3 is 2.07 bits per heavy atom. The number of hydrogen-bond acceptors (Lipinski definition) is 0. The molecule has 0 N–H and O–H groups in total. The van der Waals surface area contributed by atoms with E-state index in [-0.39, 0.29) is 0 Å². The lowest BCUT2D eigenvalue weighted by Gasteiger charge is -2.21. The second-order valence-corrected chi connectivity index (χ2v) is 4.87. The molecule has 0 heterocycles. The van der Waals surface area contributed by atoms with Crippen LogP contribution in [0.3, 0.4) is 0 Å². The molecule has 0 aliphatic rings. The summed E-state index contributed by atoms with van der Waals surface area (Å²) in [6.07, 6.45) is 3.31. The second-order valence-electron chi connectivity index (χ2n) is 4.87. The van der Waals surface area contributed by atoms with Crippen LogP contribution in [0, 0.1) is 0 Å². The highest BCUT2D eigenvalue weighted by Gasteiger charge is 2.25. The van der Waals surface area contributed by atoms with Gasteiger partial charge in [0, 0.05) is 41.0 Å². The fourth-order valence-corrected chi connectivity index (χ4v) is 2.52. The predicted octanol–water partition coefficient (Wildman–Crippen LogP) is -5.00. The summed E-state index contributed by atoms with van der Waals surface area (Å²) in [7, 11) is 14.0. The zero-order valence-electron chi connectivity index (χ0n) is 11.0. The highest BCUT2D eigenvalue weighted by Crippen LogP contribution is 2.07. The van der Waals surface area contributed by atoms with Crippen LogP contribution in [-0.4, -0.2) is 71.4 Å². The summed E-state index contributed by atoms with van der Waals surface area (Å²) in [4.78, 5) is 0. The average Bonchev–Trinajstić information content (AvgIpc) is 2.22. The second kappa shape index (κ2) is 8.92. The maximum absolute atomic E-state index is 2.40. The van der Waals surface area contributed by atoms with Crippen molar-refractivity contribution in [3.8, 4) is 0 Å². The van der Waals surface area contributed by atoms with Gasteiger partial charge in [-0.15, -0.1) is 0 Å². The molecule has 0 fully saturated rings. The van der Waals surface area contributed by atoms with Crippen LogP contribution < -0.4 is 0 Å². The Morgan fingerprint density at radius 1 is 1.14 bits per heavy atom. The third-order valence-electron chi connectivity index (χ3n) is 3.78. The van der Waals surface area contributed by atoms with Gasteiger partial charge >= 0.3 is 0 Å². The van der Waals surface area contributed by atoms with Gasteiger partial charge in [0.05, 0.1) is 30.4 Å². The SMILES string of the molecule is BBBB(BB)B(BB)BC(C)CC. The predicted molar refractivity (Wildman–Crippen MR) is 92.6 cm³/mol. The van der Waals surface area contributed by atoms with Crippen LogP contribution in [0.4, 0.5) is 0 Å². The largest absolute Gasteiger partial charge is 0.0775 e. The van der Waals surface area contributed by atoms with E-state index in [0.29, 0.717) is 0 Å². The molecule has 0 saturated carbocycles. The van der Waals surface area contributed by atoms with E-state index >= 15 is 0 Å². The third-order valence-corrected chi connectivity index (χ3v) is 3.78. The average molecular weight is 176 g/mol. The van der Waals surface area contributed by atoms with E-state index in [4.69, 9.17) is 0 Å². The summed E-state index contributed by atoms with van der Waals surface area (Å²) >= 11 is 0. The van der Waals surface area contributed by atoms with Gasteiger partial charge in [-0.1, -0.05) is 26.1 Å². The summed E-state index contributed by atoms with van der Waals surface area (Å²) in [5, 5.41) is 0. The van der Waals surface area contributed by atoms with Gasteiger partial charge in [-0.25, -0.2) is 0 Å². The zero-order chi connectivity index (χ0) is 11.0. The molecule has 0 amide bonds. The Bertz CT molecular complexity index is 129. The topological polar surface area (TPSA) is 0 Å². The van der Waals surface area contributed by atoms with Crippen LogP contribution >= 0.6 is 0 Å². The van der Waals surface area contributed by atoms with Gasteiger partial charge in [-0.2, -0.15) is 0 Å². The maximum atomic E-state index is 2.40. The first-order valence-electron chi connectivity index (χ1n) is 6.69. The summed E-state index contributed by atoms with van der Waals surface area (Å²) < 4.78 is 0. The standard InChI is InChI=1S/C4H20B10/c1-3-4(2)8-13(10-6)14(11-7)12-9-5/h4,8-12H,3,5-7H2,1-2H3. The van der Waals surface area contributed by atoms with Crippen molar-refractivity contribution in [2.45, 2.75) is 26.1 Å². The summed E-state index contributed by atoms with van der Waals surface area (Å²) in [6.45, 7) is 4.72. The first-order valence-corrected chi connectivity index (χ1v) is 6.69. The fraction of sp³-hybridized carbons (Fsp3) is 1.00. The minimum Gasteiger partial charge on any atom is -0.0775 e. The first kappa shape index (κ1) is 14.6. The van der Waals surface area contributed by atoms with Gasteiger partial charge in [0.1, 0.15) is 0 Å². The molecule has 0 aromatic heterocycles. The molecule has 0 rings (SSSR count). The van der Waals surface area contributed by atoms with Crippen molar-refractivity contribution in [2.75, 3.05) is 0 Å². The van der Waals surface area contributed by atoms with Crippen molar-refractivity contribution < 1.29 is 0 Å². The molecule has 0 saturated heterocycles. The molecule has 0 aromatic carbocycles. The molecule has 10 heteroatoms. The van der Waals surface area contributed by atoms with E-state index in [1.807, 2.05) is 0 Å². The van der Waals surface area contributed by atoms with E-state index in [2.05, 4.69) is 37.1 Å². The summed E-state index contributed by atoms with van der Waals surface area (Å²) in [5.74, 6) is 0.922. The van der Waals surface area contributed by atoms with E-state index < -0.39 is 0 Å². The maximum Gasteiger partial charge on any atom is 0.0762 e. The van der Waals surface area contributed by atoms with E-state index in [1.54, 1.807) is 0 Å². The normalized spacial score (nSPS) is 11.0. The molecule has 14 heavy (non-hydrogen) atoms. The molecule has 0 aliphatic heterocycles. The highest BCUT2D eigenvalue weighted by atomic mass is 13.8. The zero-order valence-corrected chi connectivity index (χ0v) is 11.0. The van der Waals surface area contributed by atoms with Gasteiger partial charge in [-0.3, -0.25) is 0 Å². The summed E-state index contributed by atoms with van der Waals surface area (Å²) in [5.41, 5.74) is 0. The fourth-order valence-electron chi connectivity index (χ4n) is 2.52. The minimum atomic E-state index is 0.922. The molecule has 66 valence electrons. The monoisotopic (exact) mass is 178 g/mol. The smallest absolute Gasteiger partial charge is 0.0762 e. The molecular weight excluding hydrogens is 156 g/mol. The van der Waals surface area contributed by atoms with E-state index in [9.17, 15) is 0 Å². The van der Waals surface area contributed by atoms with Crippen LogP contribution in [0.2, 0.25) is 5.82 Å². The van der Waals surface area contributed by atoms with Crippen LogP contribution in [0.1, 0.15) is 20.3 Å². The Morgan fingerprint density at radius 2 is 1.71 bits per heavy atom. The van der Waals surface area contributed by atoms with Crippen LogP contribution in [-0.2, 0) is 0 Å². The molecule has 0 bridgehead atoms. The Labute approximate surface area is 97.7 Å². The van der Waals surface area contributed by atoms with Crippen LogP contribution in [0.25, 0.3) is 0 Å². The first-order chi connectivity index (χ1) is 6.69. The quantitative estimate of drug-likeness (QED) is 0.325. The Kier molecular flexibility index (Phi) is 9.33. The third kappa shape index (κ3) is 5.51. The molecule has 0 nitrogen and oxygen atoms in total. The van der Waals surface area contributed by atoms with Crippen molar-refractivity contribution in [3.05, 3.63) is 0 Å². The van der Waals surface area contributed by atoms with Crippen molar-refractivity contribution in [3.63, 3.8) is 0 Å². The molecule has 0 radical (unpaired) electrons. The van der Waals surface area contributed by atoms with Gasteiger partial charge in [0.15, 0.2) is 0 Å². The molecule has 0 aliphatic carbocycles.